The van der Waals surface area contributed by atoms with Crippen LogP contribution in [0.4, 0.5) is 0 Å². The van der Waals surface area contributed by atoms with E-state index in [-0.39, 0.29) is 18.1 Å². The fourth-order valence-corrected chi connectivity index (χ4v) is 3.12. The van der Waals surface area contributed by atoms with Crippen LogP contribution in [0.25, 0.3) is 0 Å². The molecule has 0 aliphatic carbocycles. The average molecular weight is 299 g/mol. The van der Waals surface area contributed by atoms with Crippen molar-refractivity contribution in [1.82, 2.24) is 4.90 Å². The van der Waals surface area contributed by atoms with E-state index >= 15 is 0 Å². The number of nitrogens with zero attached hydrogens (tertiary/aromatic N) is 1. The minimum Gasteiger partial charge on any atom is -0.391 e. The monoisotopic (exact) mass is 299 g/mol. The van der Waals surface area contributed by atoms with Crippen LogP contribution >= 0.6 is 0 Å². The molecule has 2 saturated heterocycles. The summed E-state index contributed by atoms with van der Waals surface area (Å²) in [5.74, 6) is 1.12. The Hall–Kier alpha value is -0.650. The van der Waals surface area contributed by atoms with Crippen molar-refractivity contribution >= 4 is 5.91 Å². The second-order valence-electron chi connectivity index (χ2n) is 6.74. The standard InChI is InChI=1S/C16H29NO4/c1-11(2)14-8-13(4-6-20-14)9-16(19)17-5-7-21-15(10-17)12(3)18/h11-15,18H,4-10H2,1-3H3. The van der Waals surface area contributed by atoms with Gasteiger partial charge in [0.25, 0.3) is 0 Å². The van der Waals surface area contributed by atoms with E-state index in [0.29, 0.717) is 38.0 Å². The first-order valence-corrected chi connectivity index (χ1v) is 8.16. The summed E-state index contributed by atoms with van der Waals surface area (Å²) < 4.78 is 11.3. The van der Waals surface area contributed by atoms with Crippen LogP contribution in [-0.4, -0.2) is 60.5 Å². The van der Waals surface area contributed by atoms with Gasteiger partial charge in [0.15, 0.2) is 0 Å². The van der Waals surface area contributed by atoms with Crippen molar-refractivity contribution in [2.75, 3.05) is 26.3 Å². The Balaban J connectivity index is 1.83. The fourth-order valence-electron chi connectivity index (χ4n) is 3.12. The number of hydrogen-bond donors (Lipinski definition) is 1. The van der Waals surface area contributed by atoms with Crippen LogP contribution in [0, 0.1) is 11.8 Å². The lowest BCUT2D eigenvalue weighted by Gasteiger charge is -2.36. The van der Waals surface area contributed by atoms with Crippen molar-refractivity contribution in [3.8, 4) is 0 Å². The summed E-state index contributed by atoms with van der Waals surface area (Å²) in [5, 5.41) is 9.61. The molecule has 0 aromatic rings. The summed E-state index contributed by atoms with van der Waals surface area (Å²) in [6, 6.07) is 0. The number of carbonyl (C=O) groups excluding carboxylic acids is 1. The van der Waals surface area contributed by atoms with Gasteiger partial charge in [0.1, 0.15) is 6.10 Å². The van der Waals surface area contributed by atoms with Gasteiger partial charge in [-0.2, -0.15) is 0 Å². The fraction of sp³-hybridized carbons (Fsp3) is 0.938. The molecule has 1 N–H and O–H groups in total. The molecule has 2 aliphatic heterocycles. The zero-order valence-corrected chi connectivity index (χ0v) is 13.5. The molecular weight excluding hydrogens is 270 g/mol. The number of ether oxygens (including phenoxy) is 2. The average Bonchev–Trinajstić information content (AvgIpc) is 2.47. The second kappa shape index (κ2) is 7.56. The highest BCUT2D eigenvalue weighted by Crippen LogP contribution is 2.28. The van der Waals surface area contributed by atoms with E-state index in [1.807, 2.05) is 4.90 Å². The molecule has 5 nitrogen and oxygen atoms in total. The van der Waals surface area contributed by atoms with Crippen LogP contribution in [0.1, 0.15) is 40.0 Å². The van der Waals surface area contributed by atoms with Crippen LogP contribution in [0.3, 0.4) is 0 Å². The maximum atomic E-state index is 12.5. The van der Waals surface area contributed by atoms with Gasteiger partial charge in [0.05, 0.1) is 18.8 Å². The van der Waals surface area contributed by atoms with Crippen molar-refractivity contribution in [2.45, 2.75) is 58.3 Å². The second-order valence-corrected chi connectivity index (χ2v) is 6.74. The first kappa shape index (κ1) is 16.7. The maximum absolute atomic E-state index is 12.5. The van der Waals surface area contributed by atoms with Crippen molar-refractivity contribution in [3.05, 3.63) is 0 Å². The van der Waals surface area contributed by atoms with Crippen LogP contribution in [-0.2, 0) is 14.3 Å². The first-order chi connectivity index (χ1) is 9.97. The van der Waals surface area contributed by atoms with Gasteiger partial charge in [-0.05, 0) is 31.6 Å². The molecule has 5 heteroatoms. The molecular formula is C16H29NO4. The number of morpholine rings is 1. The smallest absolute Gasteiger partial charge is 0.223 e. The molecule has 2 rings (SSSR count). The zero-order valence-electron chi connectivity index (χ0n) is 13.5. The van der Waals surface area contributed by atoms with Gasteiger partial charge in [-0.25, -0.2) is 0 Å². The van der Waals surface area contributed by atoms with Gasteiger partial charge >= 0.3 is 0 Å². The molecule has 0 spiro atoms. The number of hydrogen-bond acceptors (Lipinski definition) is 4. The summed E-state index contributed by atoms with van der Waals surface area (Å²) >= 11 is 0. The summed E-state index contributed by atoms with van der Waals surface area (Å²) in [7, 11) is 0. The van der Waals surface area contributed by atoms with E-state index in [9.17, 15) is 9.90 Å². The van der Waals surface area contributed by atoms with Gasteiger partial charge in [-0.15, -0.1) is 0 Å². The third-order valence-corrected chi connectivity index (χ3v) is 4.61. The van der Waals surface area contributed by atoms with Crippen molar-refractivity contribution in [1.29, 1.82) is 0 Å². The molecule has 2 heterocycles. The predicted octanol–water partition coefficient (Wildman–Crippen LogP) is 1.44. The van der Waals surface area contributed by atoms with Gasteiger partial charge in [-0.3, -0.25) is 4.79 Å². The third-order valence-electron chi connectivity index (χ3n) is 4.61. The SMILES string of the molecule is CC(C)C1CC(CC(=O)N2CCOC(C(C)O)C2)CCO1. The predicted molar refractivity (Wildman–Crippen MR) is 79.9 cm³/mol. The number of amides is 1. The highest BCUT2D eigenvalue weighted by Gasteiger charge is 2.31. The van der Waals surface area contributed by atoms with E-state index < -0.39 is 6.10 Å². The van der Waals surface area contributed by atoms with E-state index in [4.69, 9.17) is 9.47 Å². The first-order valence-electron chi connectivity index (χ1n) is 8.16. The lowest BCUT2D eigenvalue weighted by Crippen LogP contribution is -2.49. The topological polar surface area (TPSA) is 59.0 Å². The molecule has 2 fully saturated rings. The van der Waals surface area contributed by atoms with Crippen LogP contribution < -0.4 is 0 Å². The lowest BCUT2D eigenvalue weighted by molar-refractivity contribution is -0.145. The van der Waals surface area contributed by atoms with Gasteiger partial charge < -0.3 is 19.5 Å². The van der Waals surface area contributed by atoms with Crippen molar-refractivity contribution in [2.24, 2.45) is 11.8 Å². The summed E-state index contributed by atoms with van der Waals surface area (Å²) in [4.78, 5) is 14.3. The number of aliphatic hydroxyl groups is 1. The normalized spacial score (nSPS) is 32.2. The van der Waals surface area contributed by atoms with E-state index in [1.165, 1.54) is 0 Å². The molecule has 122 valence electrons. The van der Waals surface area contributed by atoms with Gasteiger partial charge in [0.2, 0.25) is 5.91 Å². The molecule has 4 unspecified atom stereocenters. The van der Waals surface area contributed by atoms with Crippen molar-refractivity contribution < 1.29 is 19.4 Å². The summed E-state index contributed by atoms with van der Waals surface area (Å²) in [6.45, 7) is 8.48. The highest BCUT2D eigenvalue weighted by atomic mass is 16.5. The minimum absolute atomic E-state index is 0.193. The molecule has 0 saturated carbocycles. The number of carbonyl (C=O) groups is 1. The van der Waals surface area contributed by atoms with E-state index in [1.54, 1.807) is 6.92 Å². The molecule has 1 amide bonds. The number of aliphatic hydroxyl groups excluding tert-OH is 1. The Morgan fingerprint density at radius 3 is 2.62 bits per heavy atom. The zero-order chi connectivity index (χ0) is 15.4. The molecule has 21 heavy (non-hydrogen) atoms. The maximum Gasteiger partial charge on any atom is 0.223 e. The van der Waals surface area contributed by atoms with Crippen LogP contribution in [0.5, 0.6) is 0 Å². The Morgan fingerprint density at radius 2 is 1.95 bits per heavy atom. The summed E-state index contributed by atoms with van der Waals surface area (Å²) in [6.07, 6.45) is 2.05. The van der Waals surface area contributed by atoms with Crippen molar-refractivity contribution in [3.63, 3.8) is 0 Å². The molecule has 0 aromatic carbocycles. The molecule has 4 atom stereocenters. The van der Waals surface area contributed by atoms with Crippen LogP contribution in [0.15, 0.2) is 0 Å². The highest BCUT2D eigenvalue weighted by molar-refractivity contribution is 5.76. The number of rotatable bonds is 4. The summed E-state index contributed by atoms with van der Waals surface area (Å²) in [5.41, 5.74) is 0. The van der Waals surface area contributed by atoms with Gasteiger partial charge in [0, 0.05) is 26.1 Å². The molecule has 0 radical (unpaired) electrons. The molecule has 0 bridgehead atoms. The lowest BCUT2D eigenvalue weighted by atomic mass is 9.87. The third kappa shape index (κ3) is 4.66. The molecule has 0 aromatic heterocycles. The van der Waals surface area contributed by atoms with Gasteiger partial charge in [-0.1, -0.05) is 13.8 Å². The van der Waals surface area contributed by atoms with E-state index in [0.717, 1.165) is 19.4 Å². The van der Waals surface area contributed by atoms with E-state index in [2.05, 4.69) is 13.8 Å². The quantitative estimate of drug-likeness (QED) is 0.853. The molecule has 2 aliphatic rings. The Bertz CT molecular complexity index is 345. The Morgan fingerprint density at radius 1 is 1.24 bits per heavy atom. The Kier molecular flexibility index (Phi) is 6.02. The largest absolute Gasteiger partial charge is 0.391 e. The van der Waals surface area contributed by atoms with Crippen LogP contribution in [0.2, 0.25) is 0 Å². The Labute approximate surface area is 127 Å². The minimum atomic E-state index is -0.533.